The van der Waals surface area contributed by atoms with Gasteiger partial charge in [-0.05, 0) is 26.8 Å². The van der Waals surface area contributed by atoms with Crippen LogP contribution in [-0.4, -0.2) is 31.2 Å². The van der Waals surface area contributed by atoms with Gasteiger partial charge in [-0.25, -0.2) is 0 Å². The minimum absolute atomic E-state index is 0.560. The molecule has 3 nitrogen and oxygen atoms in total. The number of amides is 1. The Morgan fingerprint density at radius 2 is 2.06 bits per heavy atom. The van der Waals surface area contributed by atoms with Crippen molar-refractivity contribution in [1.29, 1.82) is 0 Å². The van der Waals surface area contributed by atoms with Crippen LogP contribution in [0.15, 0.2) is 12.2 Å². The van der Waals surface area contributed by atoms with Gasteiger partial charge in [0.25, 0.3) is 0 Å². The number of hydrogen-bond donors (Lipinski definition) is 2. The van der Waals surface area contributed by atoms with Crippen molar-refractivity contribution < 1.29 is 18.0 Å². The fraction of sp³-hybridized carbons (Fsp3) is 0.700. The summed E-state index contributed by atoms with van der Waals surface area (Å²) < 4.78 is 35.4. The van der Waals surface area contributed by atoms with Crippen molar-refractivity contribution >= 4 is 5.91 Å². The van der Waals surface area contributed by atoms with Crippen LogP contribution in [0.5, 0.6) is 0 Å². The average Bonchev–Trinajstić information content (AvgIpc) is 2.19. The molecule has 0 aromatic carbocycles. The molecule has 0 saturated heterocycles. The zero-order valence-corrected chi connectivity index (χ0v) is 9.40. The van der Waals surface area contributed by atoms with E-state index in [0.29, 0.717) is 6.54 Å². The Hall–Kier alpha value is -1.04. The summed E-state index contributed by atoms with van der Waals surface area (Å²) in [5.74, 6) is -0.641. The summed E-state index contributed by atoms with van der Waals surface area (Å²) in [7, 11) is 0. The van der Waals surface area contributed by atoms with Crippen molar-refractivity contribution in [3.8, 4) is 0 Å². The van der Waals surface area contributed by atoms with Crippen molar-refractivity contribution in [3.05, 3.63) is 12.2 Å². The molecule has 0 aliphatic carbocycles. The summed E-state index contributed by atoms with van der Waals surface area (Å²) in [6, 6.07) is -0.618. The predicted molar refractivity (Wildman–Crippen MR) is 56.0 cm³/mol. The summed E-state index contributed by atoms with van der Waals surface area (Å²) >= 11 is 0. The third kappa shape index (κ3) is 8.28. The molecule has 1 unspecified atom stereocenters. The first-order valence-corrected chi connectivity index (χ1v) is 5.06. The van der Waals surface area contributed by atoms with Gasteiger partial charge in [0.2, 0.25) is 5.91 Å². The van der Waals surface area contributed by atoms with Crippen molar-refractivity contribution in [2.75, 3.05) is 13.1 Å². The largest absolute Gasteiger partial charge is 0.405 e. The third-order valence-electron chi connectivity index (χ3n) is 1.85. The van der Waals surface area contributed by atoms with Gasteiger partial charge in [-0.3, -0.25) is 4.79 Å². The molecule has 1 atom stereocenters. The Balaban J connectivity index is 3.73. The van der Waals surface area contributed by atoms with E-state index < -0.39 is 24.7 Å². The Morgan fingerprint density at radius 1 is 1.44 bits per heavy atom. The first-order valence-electron chi connectivity index (χ1n) is 5.06. The quantitative estimate of drug-likeness (QED) is 0.545. The minimum Gasteiger partial charge on any atom is -0.346 e. The molecule has 16 heavy (non-hydrogen) atoms. The monoisotopic (exact) mass is 238 g/mol. The lowest BCUT2D eigenvalue weighted by Crippen LogP contribution is -2.45. The van der Waals surface area contributed by atoms with Gasteiger partial charge >= 0.3 is 6.18 Å². The zero-order valence-electron chi connectivity index (χ0n) is 9.40. The number of allylic oxidation sites excluding steroid dienone is 1. The lowest BCUT2D eigenvalue weighted by molar-refractivity contribution is -0.139. The van der Waals surface area contributed by atoms with Gasteiger partial charge in [0.1, 0.15) is 6.54 Å². The Bertz CT molecular complexity index is 239. The molecule has 0 aromatic heterocycles. The van der Waals surface area contributed by atoms with Crippen LogP contribution in [0.2, 0.25) is 0 Å². The number of nitrogens with one attached hydrogen (secondary N) is 2. The topological polar surface area (TPSA) is 41.1 Å². The summed E-state index contributed by atoms with van der Waals surface area (Å²) in [6.07, 6.45) is 0.164. The van der Waals surface area contributed by atoms with E-state index in [1.165, 1.54) is 6.92 Å². The SMILES string of the molecule is C/C=C/CCNC(C)C(=O)NCC(F)(F)F. The van der Waals surface area contributed by atoms with E-state index in [2.05, 4.69) is 5.32 Å². The summed E-state index contributed by atoms with van der Waals surface area (Å²) in [6.45, 7) is 2.68. The van der Waals surface area contributed by atoms with Crippen molar-refractivity contribution in [1.82, 2.24) is 10.6 Å². The molecular weight excluding hydrogens is 221 g/mol. The number of hydrogen-bond acceptors (Lipinski definition) is 2. The normalized spacial score (nSPS) is 14.1. The number of rotatable bonds is 6. The minimum atomic E-state index is -4.36. The number of alkyl halides is 3. The van der Waals surface area contributed by atoms with Crippen molar-refractivity contribution in [2.45, 2.75) is 32.5 Å². The molecule has 6 heteroatoms. The van der Waals surface area contributed by atoms with Gasteiger partial charge in [-0.2, -0.15) is 13.2 Å². The van der Waals surface area contributed by atoms with Crippen LogP contribution in [0, 0.1) is 0 Å². The van der Waals surface area contributed by atoms with Gasteiger partial charge < -0.3 is 10.6 Å². The van der Waals surface area contributed by atoms with E-state index in [0.717, 1.165) is 6.42 Å². The highest BCUT2D eigenvalue weighted by Gasteiger charge is 2.28. The Labute approximate surface area is 93.1 Å². The zero-order chi connectivity index (χ0) is 12.6. The fourth-order valence-electron chi connectivity index (χ4n) is 0.983. The first kappa shape index (κ1) is 15.0. The maximum Gasteiger partial charge on any atom is 0.405 e. The lowest BCUT2D eigenvalue weighted by Gasteiger charge is -2.14. The molecule has 0 aliphatic rings. The molecule has 0 spiro atoms. The summed E-state index contributed by atoms with van der Waals surface area (Å²) in [5.41, 5.74) is 0. The summed E-state index contributed by atoms with van der Waals surface area (Å²) in [4.78, 5) is 11.2. The second-order valence-electron chi connectivity index (χ2n) is 3.37. The van der Waals surface area contributed by atoms with Gasteiger partial charge in [-0.1, -0.05) is 12.2 Å². The van der Waals surface area contributed by atoms with Crippen LogP contribution >= 0.6 is 0 Å². The second-order valence-corrected chi connectivity index (χ2v) is 3.37. The van der Waals surface area contributed by atoms with Gasteiger partial charge in [0.05, 0.1) is 6.04 Å². The first-order chi connectivity index (χ1) is 7.37. The van der Waals surface area contributed by atoms with E-state index >= 15 is 0 Å². The molecule has 2 N–H and O–H groups in total. The molecule has 0 heterocycles. The molecule has 0 aliphatic heterocycles. The standard InChI is InChI=1S/C10H17F3N2O/c1-3-4-5-6-14-8(2)9(16)15-7-10(11,12)13/h3-4,8,14H,5-7H2,1-2H3,(H,15,16)/b4-3+. The molecule has 0 fully saturated rings. The molecule has 0 rings (SSSR count). The van der Waals surface area contributed by atoms with Crippen LogP contribution in [0.4, 0.5) is 13.2 Å². The molecule has 0 saturated carbocycles. The van der Waals surface area contributed by atoms with Gasteiger partial charge in [0.15, 0.2) is 0 Å². The number of carbonyl (C=O) groups is 1. The summed E-state index contributed by atoms with van der Waals surface area (Å²) in [5, 5.41) is 4.64. The maximum atomic E-state index is 11.8. The van der Waals surface area contributed by atoms with Crippen LogP contribution in [0.25, 0.3) is 0 Å². The fourth-order valence-corrected chi connectivity index (χ4v) is 0.983. The third-order valence-corrected chi connectivity index (χ3v) is 1.85. The van der Waals surface area contributed by atoms with Crippen LogP contribution < -0.4 is 10.6 Å². The van der Waals surface area contributed by atoms with Crippen LogP contribution in [-0.2, 0) is 4.79 Å². The van der Waals surface area contributed by atoms with E-state index in [1.807, 2.05) is 24.4 Å². The van der Waals surface area contributed by atoms with Crippen molar-refractivity contribution in [2.24, 2.45) is 0 Å². The highest BCUT2D eigenvalue weighted by atomic mass is 19.4. The number of halogens is 3. The second kappa shape index (κ2) is 7.27. The molecule has 0 radical (unpaired) electrons. The van der Waals surface area contributed by atoms with E-state index in [4.69, 9.17) is 0 Å². The van der Waals surface area contributed by atoms with Crippen molar-refractivity contribution in [3.63, 3.8) is 0 Å². The lowest BCUT2D eigenvalue weighted by atomic mass is 10.3. The molecule has 94 valence electrons. The Kier molecular flexibility index (Phi) is 6.80. The molecule has 1 amide bonds. The molecule has 0 bridgehead atoms. The van der Waals surface area contributed by atoms with Crippen LogP contribution in [0.1, 0.15) is 20.3 Å². The smallest absolute Gasteiger partial charge is 0.346 e. The average molecular weight is 238 g/mol. The molecular formula is C10H17F3N2O. The highest BCUT2D eigenvalue weighted by molar-refractivity contribution is 5.81. The number of carbonyl (C=O) groups excluding carboxylic acids is 1. The van der Waals surface area contributed by atoms with Gasteiger partial charge in [-0.15, -0.1) is 0 Å². The highest BCUT2D eigenvalue weighted by Crippen LogP contribution is 2.12. The van der Waals surface area contributed by atoms with E-state index in [-0.39, 0.29) is 0 Å². The van der Waals surface area contributed by atoms with E-state index in [1.54, 1.807) is 0 Å². The Morgan fingerprint density at radius 3 is 2.56 bits per heavy atom. The predicted octanol–water partition coefficient (Wildman–Crippen LogP) is 1.61. The maximum absolute atomic E-state index is 11.8. The molecule has 0 aromatic rings. The van der Waals surface area contributed by atoms with Crippen LogP contribution in [0.3, 0.4) is 0 Å². The van der Waals surface area contributed by atoms with Gasteiger partial charge in [0, 0.05) is 0 Å². The van der Waals surface area contributed by atoms with E-state index in [9.17, 15) is 18.0 Å².